The van der Waals surface area contributed by atoms with E-state index in [1.165, 1.54) is 0 Å². The molecule has 0 spiro atoms. The highest BCUT2D eigenvalue weighted by Gasteiger charge is 2.48. The van der Waals surface area contributed by atoms with Crippen LogP contribution in [0, 0.1) is 29.1 Å². The summed E-state index contributed by atoms with van der Waals surface area (Å²) in [5.74, 6) is 1.08. The SMILES string of the molecule is CCC(CNC)C1CCC2C(C1)N(C(=O)OC1CCC(C#N)CC1Cl)CC(C)N2C(C)=O. The zero-order valence-electron chi connectivity index (χ0n) is 19.9. The van der Waals surface area contributed by atoms with E-state index < -0.39 is 0 Å². The van der Waals surface area contributed by atoms with Crippen LogP contribution in [-0.2, 0) is 9.53 Å². The fourth-order valence-corrected chi connectivity index (χ4v) is 6.67. The molecule has 8 heteroatoms. The second-order valence-electron chi connectivity index (χ2n) is 9.94. The van der Waals surface area contributed by atoms with Gasteiger partial charge in [-0.05, 0) is 70.9 Å². The minimum absolute atomic E-state index is 0.0310. The van der Waals surface area contributed by atoms with Crippen molar-refractivity contribution in [2.75, 3.05) is 20.1 Å². The highest BCUT2D eigenvalue weighted by Crippen LogP contribution is 2.40. The van der Waals surface area contributed by atoms with Gasteiger partial charge in [0.15, 0.2) is 0 Å². The number of nitriles is 1. The van der Waals surface area contributed by atoms with Gasteiger partial charge >= 0.3 is 6.09 Å². The number of carbonyl (C=O) groups is 2. The summed E-state index contributed by atoms with van der Waals surface area (Å²) < 4.78 is 5.93. The number of hydrogen-bond donors (Lipinski definition) is 1. The van der Waals surface area contributed by atoms with Gasteiger partial charge in [-0.3, -0.25) is 4.79 Å². The third-order valence-electron chi connectivity index (χ3n) is 7.92. The molecule has 0 aromatic rings. The Balaban J connectivity index is 1.76. The van der Waals surface area contributed by atoms with E-state index in [9.17, 15) is 14.9 Å². The van der Waals surface area contributed by atoms with Gasteiger partial charge in [-0.15, -0.1) is 11.6 Å². The molecule has 1 heterocycles. The summed E-state index contributed by atoms with van der Waals surface area (Å²) >= 11 is 6.48. The summed E-state index contributed by atoms with van der Waals surface area (Å²) in [5, 5.41) is 12.2. The first-order valence-electron chi connectivity index (χ1n) is 12.2. The largest absolute Gasteiger partial charge is 0.445 e. The van der Waals surface area contributed by atoms with E-state index in [0.29, 0.717) is 37.6 Å². The minimum Gasteiger partial charge on any atom is -0.445 e. The predicted molar refractivity (Wildman–Crippen MR) is 124 cm³/mol. The van der Waals surface area contributed by atoms with Crippen LogP contribution in [0.4, 0.5) is 4.79 Å². The lowest BCUT2D eigenvalue weighted by atomic mass is 9.72. The smallest absolute Gasteiger partial charge is 0.410 e. The number of fused-ring (bicyclic) bond motifs is 1. The first-order chi connectivity index (χ1) is 15.3. The van der Waals surface area contributed by atoms with Gasteiger partial charge < -0.3 is 19.9 Å². The highest BCUT2D eigenvalue weighted by molar-refractivity contribution is 6.21. The van der Waals surface area contributed by atoms with Gasteiger partial charge in [0.2, 0.25) is 5.91 Å². The summed E-state index contributed by atoms with van der Waals surface area (Å²) in [6, 6.07) is 2.24. The molecule has 8 unspecified atom stereocenters. The van der Waals surface area contributed by atoms with Crippen molar-refractivity contribution >= 4 is 23.6 Å². The van der Waals surface area contributed by atoms with Gasteiger partial charge in [0.05, 0.1) is 23.5 Å². The first-order valence-corrected chi connectivity index (χ1v) is 12.7. The van der Waals surface area contributed by atoms with Crippen molar-refractivity contribution in [2.45, 2.75) is 95.3 Å². The molecule has 0 aromatic carbocycles. The van der Waals surface area contributed by atoms with Crippen LogP contribution in [0.2, 0.25) is 0 Å². The molecule has 2 saturated carbocycles. The van der Waals surface area contributed by atoms with Gasteiger partial charge in [-0.1, -0.05) is 13.3 Å². The summed E-state index contributed by atoms with van der Waals surface area (Å²) in [6.07, 6.45) is 5.18. The third kappa shape index (κ3) is 5.34. The topological polar surface area (TPSA) is 85.7 Å². The van der Waals surface area contributed by atoms with Crippen LogP contribution < -0.4 is 5.32 Å². The molecular weight excluding hydrogens is 428 g/mol. The molecule has 0 bridgehead atoms. The molecule has 3 rings (SSSR count). The second-order valence-corrected chi connectivity index (χ2v) is 10.5. The number of ether oxygens (including phenoxy) is 1. The normalized spacial score (nSPS) is 36.1. The number of nitrogens with one attached hydrogen (secondary N) is 1. The van der Waals surface area contributed by atoms with E-state index in [1.54, 1.807) is 6.92 Å². The Morgan fingerprint density at radius 2 is 1.97 bits per heavy atom. The van der Waals surface area contributed by atoms with E-state index in [0.717, 1.165) is 32.2 Å². The third-order valence-corrected chi connectivity index (χ3v) is 8.38. The van der Waals surface area contributed by atoms with Crippen molar-refractivity contribution in [3.8, 4) is 6.07 Å². The molecule has 1 saturated heterocycles. The Morgan fingerprint density at radius 3 is 2.56 bits per heavy atom. The van der Waals surface area contributed by atoms with E-state index in [2.05, 4.69) is 18.3 Å². The van der Waals surface area contributed by atoms with Crippen molar-refractivity contribution < 1.29 is 14.3 Å². The maximum Gasteiger partial charge on any atom is 0.410 e. The zero-order valence-corrected chi connectivity index (χ0v) is 20.7. The summed E-state index contributed by atoms with van der Waals surface area (Å²) in [6.45, 7) is 7.32. The van der Waals surface area contributed by atoms with Crippen LogP contribution in [0.5, 0.6) is 0 Å². The number of piperazine rings is 1. The molecule has 1 aliphatic heterocycles. The Labute approximate surface area is 197 Å². The lowest BCUT2D eigenvalue weighted by Crippen LogP contribution is -2.67. The van der Waals surface area contributed by atoms with Gasteiger partial charge in [0.1, 0.15) is 6.10 Å². The Bertz CT molecular complexity index is 714. The molecule has 2 amide bonds. The van der Waals surface area contributed by atoms with Gasteiger partial charge in [-0.2, -0.15) is 5.26 Å². The molecule has 32 heavy (non-hydrogen) atoms. The quantitative estimate of drug-likeness (QED) is 0.623. The van der Waals surface area contributed by atoms with Crippen molar-refractivity contribution in [1.29, 1.82) is 5.26 Å². The Hall–Kier alpha value is -1.52. The van der Waals surface area contributed by atoms with Crippen molar-refractivity contribution in [3.63, 3.8) is 0 Å². The molecule has 3 fully saturated rings. The molecular formula is C24H39ClN4O3. The Kier molecular flexibility index (Phi) is 8.68. The van der Waals surface area contributed by atoms with Crippen molar-refractivity contribution in [2.24, 2.45) is 17.8 Å². The fourth-order valence-electron chi connectivity index (χ4n) is 6.28. The highest BCUT2D eigenvalue weighted by atomic mass is 35.5. The number of rotatable bonds is 5. The van der Waals surface area contributed by atoms with Crippen LogP contribution in [-0.4, -0.2) is 71.5 Å². The standard InChI is InChI=1S/C24H39ClN4O3/c1-5-18(13-27-4)19-7-8-21-22(11-19)28(14-15(2)29(21)16(3)30)24(31)32-23-9-6-17(12-26)10-20(23)25/h15,17-23,27H,5-11,13-14H2,1-4H3. The maximum absolute atomic E-state index is 13.4. The number of nitrogens with zero attached hydrogens (tertiary/aromatic N) is 3. The number of hydrogen-bond acceptors (Lipinski definition) is 5. The van der Waals surface area contributed by atoms with Crippen LogP contribution in [0.1, 0.15) is 65.7 Å². The van der Waals surface area contributed by atoms with Crippen LogP contribution in [0.25, 0.3) is 0 Å². The van der Waals surface area contributed by atoms with Crippen LogP contribution >= 0.6 is 11.6 Å². The summed E-state index contributed by atoms with van der Waals surface area (Å²) in [7, 11) is 1.99. The predicted octanol–water partition coefficient (Wildman–Crippen LogP) is 3.76. The minimum atomic E-state index is -0.361. The van der Waals surface area contributed by atoms with E-state index in [-0.39, 0.29) is 47.5 Å². The lowest BCUT2D eigenvalue weighted by molar-refractivity contribution is -0.142. The average molecular weight is 467 g/mol. The first kappa shape index (κ1) is 25.1. The number of amides is 2. The fraction of sp³-hybridized carbons (Fsp3) is 0.875. The molecule has 0 radical (unpaired) electrons. The molecule has 7 nitrogen and oxygen atoms in total. The maximum atomic E-state index is 13.4. The Morgan fingerprint density at radius 1 is 1.22 bits per heavy atom. The number of halogens is 1. The van der Waals surface area contributed by atoms with E-state index >= 15 is 0 Å². The molecule has 2 aliphatic carbocycles. The van der Waals surface area contributed by atoms with Gasteiger partial charge in [0, 0.05) is 25.4 Å². The average Bonchev–Trinajstić information content (AvgIpc) is 2.77. The van der Waals surface area contributed by atoms with Crippen LogP contribution in [0.15, 0.2) is 0 Å². The van der Waals surface area contributed by atoms with Gasteiger partial charge in [-0.25, -0.2) is 4.79 Å². The molecule has 3 aliphatic rings. The molecule has 0 aromatic heterocycles. The van der Waals surface area contributed by atoms with E-state index in [4.69, 9.17) is 16.3 Å². The van der Waals surface area contributed by atoms with Crippen molar-refractivity contribution in [3.05, 3.63) is 0 Å². The summed E-state index contributed by atoms with van der Waals surface area (Å²) in [5.41, 5.74) is 0. The molecule has 8 atom stereocenters. The lowest BCUT2D eigenvalue weighted by Gasteiger charge is -2.54. The monoisotopic (exact) mass is 466 g/mol. The second kappa shape index (κ2) is 11.1. The summed E-state index contributed by atoms with van der Waals surface area (Å²) in [4.78, 5) is 29.7. The van der Waals surface area contributed by atoms with E-state index in [1.807, 2.05) is 23.8 Å². The molecule has 180 valence electrons. The number of carbonyl (C=O) groups excluding carboxylic acids is 2. The van der Waals surface area contributed by atoms with Crippen molar-refractivity contribution in [1.82, 2.24) is 15.1 Å². The number of alkyl halides is 1. The zero-order chi connectivity index (χ0) is 23.4. The van der Waals surface area contributed by atoms with Crippen LogP contribution in [0.3, 0.4) is 0 Å². The van der Waals surface area contributed by atoms with Gasteiger partial charge in [0.25, 0.3) is 0 Å². The molecule has 1 N–H and O–H groups in total.